The molecule has 9 aromatic rings. The summed E-state index contributed by atoms with van der Waals surface area (Å²) in [5, 5.41) is 15.0. The first-order valence-corrected chi connectivity index (χ1v) is 15.9. The van der Waals surface area contributed by atoms with Gasteiger partial charge in [-0.2, -0.15) is 5.26 Å². The number of aromatic nitrogens is 2. The van der Waals surface area contributed by atoms with Crippen LogP contribution in [0.5, 0.6) is 0 Å². The van der Waals surface area contributed by atoms with Crippen molar-refractivity contribution in [2.24, 2.45) is 0 Å². The second-order valence-corrected chi connectivity index (χ2v) is 11.9. The summed E-state index contributed by atoms with van der Waals surface area (Å²) in [6, 6.07) is 56.4. The lowest BCUT2D eigenvalue weighted by molar-refractivity contribution is 1.18. The third-order valence-electron chi connectivity index (χ3n) is 9.39. The Morgan fingerprint density at radius 1 is 0.479 bits per heavy atom. The Hall–Kier alpha value is -6.88. The third-order valence-corrected chi connectivity index (χ3v) is 9.39. The number of para-hydroxylation sites is 5. The van der Waals surface area contributed by atoms with Gasteiger partial charge in [-0.15, -0.1) is 0 Å². The summed E-state index contributed by atoms with van der Waals surface area (Å²) in [6.07, 6.45) is 0. The highest BCUT2D eigenvalue weighted by Gasteiger charge is 2.20. The number of fused-ring (bicyclic) bond motifs is 6. The normalized spacial score (nSPS) is 11.3. The molecule has 0 saturated heterocycles. The largest absolute Gasteiger partial charge is 0.318 e. The molecule has 0 aliphatic rings. The van der Waals surface area contributed by atoms with Crippen molar-refractivity contribution in [2.75, 3.05) is 0 Å². The molecule has 4 heteroatoms. The van der Waals surface area contributed by atoms with Crippen LogP contribution in [0.25, 0.3) is 82.1 Å². The maximum Gasteiger partial charge on any atom is 0.211 e. The van der Waals surface area contributed by atoms with Crippen LogP contribution < -0.4 is 0 Å². The van der Waals surface area contributed by atoms with Gasteiger partial charge >= 0.3 is 0 Å². The lowest BCUT2D eigenvalue weighted by Crippen LogP contribution is -1.98. The van der Waals surface area contributed by atoms with Crippen molar-refractivity contribution >= 4 is 49.3 Å². The van der Waals surface area contributed by atoms with Gasteiger partial charge in [-0.05, 0) is 65.2 Å². The molecule has 0 amide bonds. The molecule has 7 aromatic carbocycles. The van der Waals surface area contributed by atoms with Gasteiger partial charge in [-0.1, -0.05) is 109 Å². The van der Waals surface area contributed by atoms with Crippen LogP contribution in [0.4, 0.5) is 5.69 Å². The van der Waals surface area contributed by atoms with Crippen LogP contribution in [0.3, 0.4) is 0 Å². The van der Waals surface area contributed by atoms with Gasteiger partial charge in [0, 0.05) is 32.8 Å². The number of hydrogen-bond donors (Lipinski definition) is 0. The van der Waals surface area contributed by atoms with E-state index in [1.54, 1.807) is 0 Å². The molecule has 0 spiro atoms. The van der Waals surface area contributed by atoms with E-state index in [0.29, 0.717) is 11.3 Å². The van der Waals surface area contributed by atoms with Crippen molar-refractivity contribution in [3.8, 4) is 39.7 Å². The Morgan fingerprint density at radius 2 is 1.00 bits per heavy atom. The van der Waals surface area contributed by atoms with Gasteiger partial charge in [0.15, 0.2) is 0 Å². The van der Waals surface area contributed by atoms with Gasteiger partial charge in [0.1, 0.15) is 0 Å². The van der Waals surface area contributed by atoms with Crippen LogP contribution in [-0.4, -0.2) is 9.13 Å². The van der Waals surface area contributed by atoms with Gasteiger partial charge in [-0.25, -0.2) is 4.85 Å². The van der Waals surface area contributed by atoms with E-state index in [1.807, 2.05) is 36.4 Å². The number of rotatable bonds is 4. The molecule has 0 saturated carbocycles. The highest BCUT2D eigenvalue weighted by molar-refractivity contribution is 6.11. The Bertz CT molecular complexity index is 2710. The highest BCUT2D eigenvalue weighted by atomic mass is 15.0. The Labute approximate surface area is 277 Å². The van der Waals surface area contributed by atoms with Crippen LogP contribution in [-0.2, 0) is 0 Å². The predicted molar refractivity (Wildman–Crippen MR) is 197 cm³/mol. The summed E-state index contributed by atoms with van der Waals surface area (Å²) in [5.74, 6) is 0. The first-order valence-electron chi connectivity index (χ1n) is 15.9. The molecule has 9 rings (SSSR count). The number of hydrogen-bond acceptors (Lipinski definition) is 1. The van der Waals surface area contributed by atoms with E-state index < -0.39 is 0 Å². The van der Waals surface area contributed by atoms with Crippen LogP contribution in [0, 0.1) is 17.9 Å². The SMILES string of the molecule is [C-]#[N+]c1cccc(-c2ccc(C#N)c(-c3cccc(-n4c5ccccc5c5ccccc54)c3)c2)c1-n1c2ccccc2c2ccccc21. The molecule has 4 nitrogen and oxygen atoms in total. The third kappa shape index (κ3) is 4.07. The van der Waals surface area contributed by atoms with E-state index in [-0.39, 0.29) is 0 Å². The smallest absolute Gasteiger partial charge is 0.211 e. The minimum atomic E-state index is 0.568. The molecule has 0 radical (unpaired) electrons. The van der Waals surface area contributed by atoms with Crippen LogP contribution >= 0.6 is 0 Å². The van der Waals surface area contributed by atoms with Crippen molar-refractivity contribution in [3.05, 3.63) is 175 Å². The first kappa shape index (κ1) is 27.4. The summed E-state index contributed by atoms with van der Waals surface area (Å²) in [6.45, 7) is 8.18. The monoisotopic (exact) mass is 610 g/mol. The topological polar surface area (TPSA) is 38.0 Å². The predicted octanol–water partition coefficient (Wildman–Crippen LogP) is 11.6. The Kier molecular flexibility index (Phi) is 6.22. The van der Waals surface area contributed by atoms with Crippen molar-refractivity contribution in [3.63, 3.8) is 0 Å². The number of nitriles is 1. The second-order valence-electron chi connectivity index (χ2n) is 11.9. The lowest BCUT2D eigenvalue weighted by atomic mass is 9.93. The molecule has 0 N–H and O–H groups in total. The minimum Gasteiger partial charge on any atom is -0.318 e. The quantitative estimate of drug-likeness (QED) is 0.183. The molecule has 2 aromatic heterocycles. The second kappa shape index (κ2) is 10.9. The highest BCUT2D eigenvalue weighted by Crippen LogP contribution is 2.42. The molecule has 48 heavy (non-hydrogen) atoms. The molecular formula is C44H26N4. The van der Waals surface area contributed by atoms with Gasteiger partial charge in [0.25, 0.3) is 0 Å². The fourth-order valence-electron chi connectivity index (χ4n) is 7.31. The zero-order valence-electron chi connectivity index (χ0n) is 25.8. The molecule has 0 unspecified atom stereocenters. The van der Waals surface area contributed by atoms with E-state index in [1.165, 1.54) is 10.8 Å². The zero-order valence-corrected chi connectivity index (χ0v) is 25.8. The van der Waals surface area contributed by atoms with Crippen molar-refractivity contribution < 1.29 is 0 Å². The zero-order chi connectivity index (χ0) is 32.2. The van der Waals surface area contributed by atoms with Crippen molar-refractivity contribution in [1.29, 1.82) is 5.26 Å². The molecular weight excluding hydrogens is 585 g/mol. The van der Waals surface area contributed by atoms with Gasteiger partial charge in [-0.3, -0.25) is 0 Å². The summed E-state index contributed by atoms with van der Waals surface area (Å²) in [5.41, 5.74) is 11.1. The number of benzene rings is 7. The molecule has 0 bridgehead atoms. The van der Waals surface area contributed by atoms with Crippen LogP contribution in [0.1, 0.15) is 5.56 Å². The first-order chi connectivity index (χ1) is 23.7. The summed E-state index contributed by atoms with van der Waals surface area (Å²) in [4.78, 5) is 4.00. The van der Waals surface area contributed by atoms with Crippen LogP contribution in [0.15, 0.2) is 158 Å². The van der Waals surface area contributed by atoms with Gasteiger partial charge in [0.2, 0.25) is 5.69 Å². The van der Waals surface area contributed by atoms with Crippen molar-refractivity contribution in [1.82, 2.24) is 9.13 Å². The van der Waals surface area contributed by atoms with E-state index in [0.717, 1.165) is 66.5 Å². The van der Waals surface area contributed by atoms with Gasteiger partial charge < -0.3 is 9.13 Å². The molecule has 0 aliphatic carbocycles. The fourth-order valence-corrected chi connectivity index (χ4v) is 7.31. The summed E-state index contributed by atoms with van der Waals surface area (Å²) >= 11 is 0. The maximum absolute atomic E-state index is 10.3. The average molecular weight is 611 g/mol. The van der Waals surface area contributed by atoms with E-state index >= 15 is 0 Å². The summed E-state index contributed by atoms with van der Waals surface area (Å²) < 4.78 is 4.51. The molecule has 2 heterocycles. The number of nitrogens with zero attached hydrogens (tertiary/aromatic N) is 4. The lowest BCUT2D eigenvalue weighted by Gasteiger charge is -2.17. The average Bonchev–Trinajstić information content (AvgIpc) is 3.67. The Morgan fingerprint density at radius 3 is 1.56 bits per heavy atom. The van der Waals surface area contributed by atoms with E-state index in [4.69, 9.17) is 6.57 Å². The standard InChI is InChI=1S/C44H26N4/c1-46-39-19-11-18-33(44(39)48-42-22-8-4-16-36(42)37-17-5-9-23-43(37)48)30-24-25-31(28-45)38(27-30)29-12-10-13-32(26-29)47-40-20-6-2-14-34(40)35-15-3-7-21-41(35)47/h2-27H. The molecule has 0 atom stereocenters. The van der Waals surface area contributed by atoms with Gasteiger partial charge in [0.05, 0.1) is 46.0 Å². The van der Waals surface area contributed by atoms with Crippen molar-refractivity contribution in [2.45, 2.75) is 0 Å². The fraction of sp³-hybridized carbons (Fsp3) is 0. The van der Waals surface area contributed by atoms with Crippen LogP contribution in [0.2, 0.25) is 0 Å². The Balaban J connectivity index is 1.27. The van der Waals surface area contributed by atoms with E-state index in [2.05, 4.69) is 141 Å². The molecule has 222 valence electrons. The molecule has 0 aliphatic heterocycles. The summed E-state index contributed by atoms with van der Waals surface area (Å²) in [7, 11) is 0. The maximum atomic E-state index is 10.3. The minimum absolute atomic E-state index is 0.568. The molecule has 0 fully saturated rings. The van der Waals surface area contributed by atoms with E-state index in [9.17, 15) is 5.26 Å².